The first-order chi connectivity index (χ1) is 9.41. The maximum Gasteiger partial charge on any atom is 0.303 e. The van der Waals surface area contributed by atoms with E-state index in [1.807, 2.05) is 0 Å². The summed E-state index contributed by atoms with van der Waals surface area (Å²) in [4.78, 5) is 22.7. The fraction of sp³-hybridized carbons (Fsp3) is 0.429. The van der Waals surface area contributed by atoms with Crippen LogP contribution >= 0.6 is 0 Å². The van der Waals surface area contributed by atoms with E-state index < -0.39 is 27.2 Å². The van der Waals surface area contributed by atoms with Crippen molar-refractivity contribution >= 4 is 21.6 Å². The average molecular weight is 296 g/mol. The van der Waals surface area contributed by atoms with E-state index in [2.05, 4.69) is 0 Å². The predicted molar refractivity (Wildman–Crippen MR) is 71.5 cm³/mol. The Bertz CT molecular complexity index is 606. The van der Waals surface area contributed by atoms with Gasteiger partial charge in [-0.25, -0.2) is 8.42 Å². The number of Topliss-reactive ketones (excluding diaryl/α,β-unsaturated/α-hetero) is 1. The van der Waals surface area contributed by atoms with Gasteiger partial charge >= 0.3 is 5.97 Å². The van der Waals surface area contributed by atoms with E-state index in [-0.39, 0.29) is 17.1 Å². The second kappa shape index (κ2) is 5.75. The third kappa shape index (κ3) is 3.07. The number of esters is 1. The summed E-state index contributed by atoms with van der Waals surface area (Å²) in [5.74, 6) is -1.11. The molecule has 0 amide bonds. The standard InChI is InChI=1S/C14H16O5S/c1-10(15)19-14(11-7-8-12(16)9-11)20(17,18)13-5-3-2-4-6-13/h2-6,11,14H,7-9H2,1H3. The third-order valence-corrected chi connectivity index (χ3v) is 5.35. The Balaban J connectivity index is 2.35. The fourth-order valence-electron chi connectivity index (χ4n) is 2.40. The minimum Gasteiger partial charge on any atom is -0.445 e. The molecule has 0 heterocycles. The monoisotopic (exact) mass is 296 g/mol. The molecule has 1 aromatic carbocycles. The van der Waals surface area contributed by atoms with Crippen LogP contribution in [0.1, 0.15) is 26.2 Å². The van der Waals surface area contributed by atoms with Crippen molar-refractivity contribution in [3.8, 4) is 0 Å². The lowest BCUT2D eigenvalue weighted by molar-refractivity contribution is -0.144. The number of rotatable bonds is 4. The van der Waals surface area contributed by atoms with E-state index in [0.29, 0.717) is 12.8 Å². The number of hydrogen-bond donors (Lipinski definition) is 0. The Hall–Kier alpha value is -1.69. The predicted octanol–water partition coefficient (Wildman–Crippen LogP) is 1.72. The number of hydrogen-bond acceptors (Lipinski definition) is 5. The van der Waals surface area contributed by atoms with Crippen molar-refractivity contribution in [1.82, 2.24) is 0 Å². The Labute approximate surface area is 117 Å². The van der Waals surface area contributed by atoms with E-state index >= 15 is 0 Å². The molecule has 5 nitrogen and oxygen atoms in total. The van der Waals surface area contributed by atoms with Crippen molar-refractivity contribution in [3.05, 3.63) is 30.3 Å². The van der Waals surface area contributed by atoms with Crippen LogP contribution in [0, 0.1) is 5.92 Å². The zero-order valence-electron chi connectivity index (χ0n) is 11.1. The van der Waals surface area contributed by atoms with Crippen LogP contribution in [0.15, 0.2) is 35.2 Å². The summed E-state index contributed by atoms with van der Waals surface area (Å²) in [6.45, 7) is 1.17. The summed E-state index contributed by atoms with van der Waals surface area (Å²) in [5.41, 5.74) is -1.28. The largest absolute Gasteiger partial charge is 0.445 e. The van der Waals surface area contributed by atoms with E-state index in [0.717, 1.165) is 0 Å². The second-order valence-corrected chi connectivity index (χ2v) is 6.90. The SMILES string of the molecule is CC(=O)OC(C1CCC(=O)C1)S(=O)(=O)c1ccccc1. The van der Waals surface area contributed by atoms with Crippen LogP contribution in [0.2, 0.25) is 0 Å². The lowest BCUT2D eigenvalue weighted by Crippen LogP contribution is -2.33. The number of sulfone groups is 1. The molecular formula is C14H16O5S. The van der Waals surface area contributed by atoms with Crippen molar-refractivity contribution in [2.75, 3.05) is 0 Å². The molecular weight excluding hydrogens is 280 g/mol. The summed E-state index contributed by atoms with van der Waals surface area (Å²) in [7, 11) is -3.80. The molecule has 0 aliphatic heterocycles. The molecule has 0 saturated heterocycles. The summed E-state index contributed by atoms with van der Waals surface area (Å²) < 4.78 is 30.2. The smallest absolute Gasteiger partial charge is 0.303 e. The molecule has 2 unspecified atom stereocenters. The van der Waals surface area contributed by atoms with Crippen LogP contribution in [-0.4, -0.2) is 25.6 Å². The third-order valence-electron chi connectivity index (χ3n) is 3.33. The zero-order chi connectivity index (χ0) is 14.8. The molecule has 1 saturated carbocycles. The zero-order valence-corrected chi connectivity index (χ0v) is 11.9. The lowest BCUT2D eigenvalue weighted by Gasteiger charge is -2.22. The van der Waals surface area contributed by atoms with Crippen molar-refractivity contribution in [1.29, 1.82) is 0 Å². The highest BCUT2D eigenvalue weighted by atomic mass is 32.2. The molecule has 1 fully saturated rings. The summed E-state index contributed by atoms with van der Waals surface area (Å²) in [6.07, 6.45) is 0.916. The van der Waals surface area contributed by atoms with Crippen molar-refractivity contribution < 1.29 is 22.7 Å². The van der Waals surface area contributed by atoms with E-state index in [1.165, 1.54) is 19.1 Å². The fourth-order valence-corrected chi connectivity index (χ4v) is 4.20. The molecule has 1 aliphatic carbocycles. The van der Waals surface area contributed by atoms with Crippen molar-refractivity contribution in [2.45, 2.75) is 36.5 Å². The minimum absolute atomic E-state index is 0.00964. The molecule has 1 aliphatic rings. The first kappa shape index (κ1) is 14.7. The van der Waals surface area contributed by atoms with Crippen LogP contribution in [0.3, 0.4) is 0 Å². The lowest BCUT2D eigenvalue weighted by atomic mass is 10.1. The molecule has 2 atom stereocenters. The van der Waals surface area contributed by atoms with Gasteiger partial charge < -0.3 is 4.74 Å². The molecule has 0 N–H and O–H groups in total. The Morgan fingerprint density at radius 3 is 2.45 bits per heavy atom. The van der Waals surface area contributed by atoms with Gasteiger partial charge in [-0.05, 0) is 18.6 Å². The molecule has 0 bridgehead atoms. The van der Waals surface area contributed by atoms with Gasteiger partial charge in [-0.3, -0.25) is 9.59 Å². The van der Waals surface area contributed by atoms with Crippen LogP contribution in [0.5, 0.6) is 0 Å². The van der Waals surface area contributed by atoms with Gasteiger partial charge in [0, 0.05) is 25.7 Å². The molecule has 6 heteroatoms. The normalized spacial score (nSPS) is 20.6. The molecule has 2 rings (SSSR count). The van der Waals surface area contributed by atoms with E-state index in [4.69, 9.17) is 4.74 Å². The quantitative estimate of drug-likeness (QED) is 0.791. The van der Waals surface area contributed by atoms with Gasteiger partial charge in [-0.1, -0.05) is 18.2 Å². The first-order valence-corrected chi connectivity index (χ1v) is 7.94. The van der Waals surface area contributed by atoms with Gasteiger partial charge in [0.25, 0.3) is 0 Å². The average Bonchev–Trinajstić information content (AvgIpc) is 2.83. The first-order valence-electron chi connectivity index (χ1n) is 6.39. The van der Waals surface area contributed by atoms with Crippen molar-refractivity contribution in [3.63, 3.8) is 0 Å². The second-order valence-electron chi connectivity index (χ2n) is 4.88. The molecule has 20 heavy (non-hydrogen) atoms. The van der Waals surface area contributed by atoms with Gasteiger partial charge in [0.05, 0.1) is 4.90 Å². The molecule has 1 aromatic rings. The Kier molecular flexibility index (Phi) is 4.23. The molecule has 108 valence electrons. The minimum atomic E-state index is -3.80. The molecule has 0 spiro atoms. The van der Waals surface area contributed by atoms with Crippen LogP contribution < -0.4 is 0 Å². The number of ether oxygens (including phenoxy) is 1. The highest BCUT2D eigenvalue weighted by Gasteiger charge is 2.40. The Morgan fingerprint density at radius 1 is 1.30 bits per heavy atom. The van der Waals surface area contributed by atoms with Gasteiger partial charge in [0.15, 0.2) is 0 Å². The van der Waals surface area contributed by atoms with Gasteiger partial charge in [0.2, 0.25) is 15.3 Å². The maximum absolute atomic E-state index is 12.6. The summed E-state index contributed by atoms with van der Waals surface area (Å²) in [6, 6.07) is 7.85. The van der Waals surface area contributed by atoms with Crippen LogP contribution in [0.4, 0.5) is 0 Å². The van der Waals surface area contributed by atoms with Gasteiger partial charge in [-0.15, -0.1) is 0 Å². The topological polar surface area (TPSA) is 77.5 Å². The number of benzene rings is 1. The highest BCUT2D eigenvalue weighted by Crippen LogP contribution is 2.32. The number of carbonyl (C=O) groups excluding carboxylic acids is 2. The summed E-state index contributed by atoms with van der Waals surface area (Å²) in [5, 5.41) is 0. The Morgan fingerprint density at radius 2 is 1.95 bits per heavy atom. The molecule has 0 radical (unpaired) electrons. The van der Waals surface area contributed by atoms with Crippen molar-refractivity contribution in [2.24, 2.45) is 5.92 Å². The van der Waals surface area contributed by atoms with E-state index in [9.17, 15) is 18.0 Å². The number of ketones is 1. The maximum atomic E-state index is 12.6. The molecule has 0 aromatic heterocycles. The summed E-state index contributed by atoms with van der Waals surface area (Å²) >= 11 is 0. The van der Waals surface area contributed by atoms with E-state index in [1.54, 1.807) is 18.2 Å². The van der Waals surface area contributed by atoms with Crippen LogP contribution in [-0.2, 0) is 24.2 Å². The highest BCUT2D eigenvalue weighted by molar-refractivity contribution is 7.92. The number of carbonyl (C=O) groups is 2. The van der Waals surface area contributed by atoms with Crippen LogP contribution in [0.25, 0.3) is 0 Å². The van der Waals surface area contributed by atoms with Gasteiger partial charge in [0.1, 0.15) is 5.78 Å². The van der Waals surface area contributed by atoms with Gasteiger partial charge in [-0.2, -0.15) is 0 Å².